The Morgan fingerprint density at radius 1 is 1.54 bits per heavy atom. The predicted octanol–water partition coefficient (Wildman–Crippen LogP) is -0.0735. The molecule has 0 aliphatic carbocycles. The Morgan fingerprint density at radius 3 is 2.46 bits per heavy atom. The zero-order valence-electron chi connectivity index (χ0n) is 8.17. The van der Waals surface area contributed by atoms with Crippen LogP contribution in [-0.2, 0) is 0 Å². The van der Waals surface area contributed by atoms with Gasteiger partial charge in [0.05, 0.1) is 0 Å². The molecule has 13 heavy (non-hydrogen) atoms. The molecule has 5 N–H and O–H groups in total. The van der Waals surface area contributed by atoms with Gasteiger partial charge in [0.1, 0.15) is 0 Å². The molecule has 1 rings (SSSR count). The molecular formula is C8H17N5. The number of nitrogens with zero attached hydrogens (tertiary/aromatic N) is 2. The van der Waals surface area contributed by atoms with Crippen LogP contribution >= 0.6 is 0 Å². The van der Waals surface area contributed by atoms with Crippen molar-refractivity contribution in [2.75, 3.05) is 13.1 Å². The van der Waals surface area contributed by atoms with Crippen LogP contribution in [0.5, 0.6) is 0 Å². The number of hydrogen-bond donors (Lipinski definition) is 3. The predicted molar refractivity (Wildman–Crippen MR) is 53.5 cm³/mol. The zero-order valence-corrected chi connectivity index (χ0v) is 8.17. The van der Waals surface area contributed by atoms with Crippen molar-refractivity contribution in [2.45, 2.75) is 20.3 Å². The normalized spacial score (nSPS) is 19.1. The molecule has 5 nitrogen and oxygen atoms in total. The minimum absolute atomic E-state index is 0.0462. The smallest absolute Gasteiger partial charge is 0.221 e. The molecule has 1 saturated heterocycles. The summed E-state index contributed by atoms with van der Waals surface area (Å²) in [6.45, 7) is 6.10. The summed E-state index contributed by atoms with van der Waals surface area (Å²) in [6.07, 6.45) is 1.12. The van der Waals surface area contributed by atoms with Crippen molar-refractivity contribution < 1.29 is 0 Å². The van der Waals surface area contributed by atoms with Crippen LogP contribution in [0.2, 0.25) is 0 Å². The highest BCUT2D eigenvalue weighted by molar-refractivity contribution is 5.92. The zero-order chi connectivity index (χ0) is 10.1. The molecule has 0 radical (unpaired) electrons. The summed E-state index contributed by atoms with van der Waals surface area (Å²) >= 11 is 0. The van der Waals surface area contributed by atoms with Crippen molar-refractivity contribution >= 4 is 11.9 Å². The standard InChI is InChI=1S/C8H17N5/c1-3-8(2)4-13(5-8)7(11)12-6(9)10/h3-5H2,1-2H3,(H5,9,10,11,12). The number of rotatable bonds is 1. The third-order valence-electron chi connectivity index (χ3n) is 2.53. The van der Waals surface area contributed by atoms with E-state index in [-0.39, 0.29) is 11.9 Å². The largest absolute Gasteiger partial charge is 0.370 e. The van der Waals surface area contributed by atoms with Gasteiger partial charge in [0.25, 0.3) is 0 Å². The Balaban J connectivity index is 2.44. The Hall–Kier alpha value is -1.26. The molecule has 74 valence electrons. The van der Waals surface area contributed by atoms with Gasteiger partial charge in [-0.2, -0.15) is 4.99 Å². The fourth-order valence-corrected chi connectivity index (χ4v) is 1.44. The highest BCUT2D eigenvalue weighted by Crippen LogP contribution is 2.32. The van der Waals surface area contributed by atoms with Gasteiger partial charge in [-0.05, 0) is 6.42 Å². The molecule has 0 aromatic carbocycles. The average Bonchev–Trinajstić information content (AvgIpc) is 1.97. The van der Waals surface area contributed by atoms with E-state index >= 15 is 0 Å². The van der Waals surface area contributed by atoms with E-state index in [2.05, 4.69) is 18.8 Å². The Kier molecular flexibility index (Phi) is 2.45. The molecule has 0 unspecified atom stereocenters. The molecule has 1 fully saturated rings. The van der Waals surface area contributed by atoms with Gasteiger partial charge in [-0.25, -0.2) is 0 Å². The van der Waals surface area contributed by atoms with Crippen molar-refractivity contribution in [3.8, 4) is 0 Å². The van der Waals surface area contributed by atoms with E-state index < -0.39 is 0 Å². The Morgan fingerprint density at radius 2 is 2.08 bits per heavy atom. The maximum atomic E-state index is 7.51. The number of likely N-dealkylation sites (tertiary alicyclic amines) is 1. The highest BCUT2D eigenvalue weighted by Gasteiger charge is 2.38. The Labute approximate surface area is 78.3 Å². The molecule has 0 amide bonds. The summed E-state index contributed by atoms with van der Waals surface area (Å²) in [7, 11) is 0. The average molecular weight is 183 g/mol. The minimum atomic E-state index is -0.0462. The molecule has 1 aliphatic rings. The molecule has 0 spiro atoms. The van der Waals surface area contributed by atoms with E-state index in [1.165, 1.54) is 0 Å². The van der Waals surface area contributed by atoms with Crippen molar-refractivity contribution in [3.63, 3.8) is 0 Å². The van der Waals surface area contributed by atoms with Crippen LogP contribution in [0.1, 0.15) is 20.3 Å². The fraction of sp³-hybridized carbons (Fsp3) is 0.750. The molecule has 0 aromatic rings. The summed E-state index contributed by atoms with van der Waals surface area (Å²) < 4.78 is 0. The van der Waals surface area contributed by atoms with Crippen LogP contribution in [0.4, 0.5) is 0 Å². The molecular weight excluding hydrogens is 166 g/mol. The van der Waals surface area contributed by atoms with E-state index in [9.17, 15) is 0 Å². The number of aliphatic imine (C=N–C) groups is 1. The van der Waals surface area contributed by atoms with Gasteiger partial charge in [-0.1, -0.05) is 13.8 Å². The monoisotopic (exact) mass is 183 g/mol. The lowest BCUT2D eigenvalue weighted by Crippen LogP contribution is -2.56. The lowest BCUT2D eigenvalue weighted by atomic mass is 9.80. The van der Waals surface area contributed by atoms with Gasteiger partial charge in [-0.15, -0.1) is 0 Å². The maximum Gasteiger partial charge on any atom is 0.221 e. The van der Waals surface area contributed by atoms with Gasteiger partial charge in [0, 0.05) is 18.5 Å². The summed E-state index contributed by atoms with van der Waals surface area (Å²) in [4.78, 5) is 5.54. The summed E-state index contributed by atoms with van der Waals surface area (Å²) in [5.41, 5.74) is 10.7. The van der Waals surface area contributed by atoms with Crippen LogP contribution < -0.4 is 11.5 Å². The first-order valence-electron chi connectivity index (χ1n) is 4.40. The summed E-state index contributed by atoms with van der Waals surface area (Å²) in [5, 5.41) is 7.51. The third kappa shape index (κ3) is 2.11. The van der Waals surface area contributed by atoms with E-state index in [0.29, 0.717) is 5.41 Å². The van der Waals surface area contributed by atoms with Gasteiger partial charge in [0.2, 0.25) is 5.96 Å². The van der Waals surface area contributed by atoms with Crippen LogP contribution in [0.3, 0.4) is 0 Å². The number of guanidine groups is 2. The van der Waals surface area contributed by atoms with E-state index in [1.807, 2.05) is 4.90 Å². The van der Waals surface area contributed by atoms with Crippen LogP contribution in [0, 0.1) is 10.8 Å². The second kappa shape index (κ2) is 3.24. The number of nitrogens with two attached hydrogens (primary N) is 2. The van der Waals surface area contributed by atoms with Gasteiger partial charge >= 0.3 is 0 Å². The second-order valence-corrected chi connectivity index (χ2v) is 3.88. The summed E-state index contributed by atoms with van der Waals surface area (Å²) in [6, 6.07) is 0. The van der Waals surface area contributed by atoms with Gasteiger partial charge in [-0.3, -0.25) is 5.41 Å². The van der Waals surface area contributed by atoms with Crippen LogP contribution in [0.15, 0.2) is 4.99 Å². The van der Waals surface area contributed by atoms with Crippen molar-refractivity contribution in [1.82, 2.24) is 4.90 Å². The lowest BCUT2D eigenvalue weighted by Gasteiger charge is -2.47. The van der Waals surface area contributed by atoms with E-state index in [0.717, 1.165) is 19.5 Å². The topological polar surface area (TPSA) is 91.5 Å². The molecule has 1 aliphatic heterocycles. The number of hydrogen-bond acceptors (Lipinski definition) is 1. The van der Waals surface area contributed by atoms with Crippen LogP contribution in [-0.4, -0.2) is 29.9 Å². The first-order valence-corrected chi connectivity index (χ1v) is 4.40. The van der Waals surface area contributed by atoms with E-state index in [4.69, 9.17) is 16.9 Å². The Bertz CT molecular complexity index is 235. The minimum Gasteiger partial charge on any atom is -0.370 e. The summed E-state index contributed by atoms with van der Waals surface area (Å²) in [5.74, 6) is 0.126. The van der Waals surface area contributed by atoms with Crippen molar-refractivity contribution in [3.05, 3.63) is 0 Å². The molecule has 1 heterocycles. The second-order valence-electron chi connectivity index (χ2n) is 3.88. The molecule has 0 bridgehead atoms. The third-order valence-corrected chi connectivity index (χ3v) is 2.53. The fourth-order valence-electron chi connectivity index (χ4n) is 1.44. The molecule has 0 aromatic heterocycles. The molecule has 0 saturated carbocycles. The van der Waals surface area contributed by atoms with Crippen molar-refractivity contribution in [2.24, 2.45) is 21.9 Å². The quantitative estimate of drug-likeness (QED) is 0.392. The molecule has 5 heteroatoms. The molecule has 0 atom stereocenters. The maximum absolute atomic E-state index is 7.51. The van der Waals surface area contributed by atoms with Gasteiger partial charge < -0.3 is 16.4 Å². The number of nitrogens with one attached hydrogen (secondary N) is 1. The first kappa shape index (κ1) is 9.83. The van der Waals surface area contributed by atoms with Crippen molar-refractivity contribution in [1.29, 1.82) is 5.41 Å². The van der Waals surface area contributed by atoms with Crippen LogP contribution in [0.25, 0.3) is 0 Å². The SMILES string of the molecule is CCC1(C)CN(C(=N)N=C(N)N)C1. The first-order chi connectivity index (χ1) is 5.97. The lowest BCUT2D eigenvalue weighted by molar-refractivity contribution is 0.0726. The van der Waals surface area contributed by atoms with E-state index in [1.54, 1.807) is 0 Å². The van der Waals surface area contributed by atoms with Gasteiger partial charge in [0.15, 0.2) is 5.96 Å². The highest BCUT2D eigenvalue weighted by atomic mass is 15.3.